The summed E-state index contributed by atoms with van der Waals surface area (Å²) in [6.07, 6.45) is 2.23. The molecule has 2 saturated heterocycles. The van der Waals surface area contributed by atoms with Crippen molar-refractivity contribution in [1.82, 2.24) is 0 Å². The second-order valence-electron chi connectivity index (χ2n) is 8.93. The summed E-state index contributed by atoms with van der Waals surface area (Å²) in [4.78, 5) is 0. The van der Waals surface area contributed by atoms with Crippen LogP contribution in [0.3, 0.4) is 0 Å². The molecule has 2 aliphatic rings. The van der Waals surface area contributed by atoms with Gasteiger partial charge in [0.2, 0.25) is 0 Å². The second kappa shape index (κ2) is 11.3. The summed E-state index contributed by atoms with van der Waals surface area (Å²) in [7, 11) is 0. The Kier molecular flexibility index (Phi) is 9.42. The lowest BCUT2D eigenvalue weighted by molar-refractivity contribution is -0.209. The fraction of sp³-hybridized carbons (Fsp3) is 0.750. The molecule has 0 saturated carbocycles. The van der Waals surface area contributed by atoms with Gasteiger partial charge in [0.1, 0.15) is 0 Å². The van der Waals surface area contributed by atoms with Gasteiger partial charge >= 0.3 is 0 Å². The van der Waals surface area contributed by atoms with Crippen molar-refractivity contribution in [1.29, 1.82) is 0 Å². The molecule has 4 heteroatoms. The van der Waals surface area contributed by atoms with Gasteiger partial charge in [-0.25, -0.2) is 0 Å². The molecule has 0 spiro atoms. The summed E-state index contributed by atoms with van der Waals surface area (Å²) in [5.41, 5.74) is 1.16. The summed E-state index contributed by atoms with van der Waals surface area (Å²) in [6, 6.07) is 10.1. The van der Waals surface area contributed by atoms with Crippen LogP contribution in [0.4, 0.5) is 0 Å². The molecule has 2 aliphatic heterocycles. The van der Waals surface area contributed by atoms with Crippen molar-refractivity contribution in [3.8, 4) is 0 Å². The Morgan fingerprint density at radius 3 is 2.18 bits per heavy atom. The van der Waals surface area contributed by atoms with Crippen LogP contribution in [0.5, 0.6) is 0 Å². The van der Waals surface area contributed by atoms with Crippen LogP contribution in [0.2, 0.25) is 0 Å². The zero-order valence-corrected chi connectivity index (χ0v) is 18.5. The van der Waals surface area contributed by atoms with Crippen LogP contribution in [0.25, 0.3) is 0 Å². The molecule has 1 N–H and O–H groups in total. The molecule has 8 atom stereocenters. The Hall–Kier alpha value is -0.940. The van der Waals surface area contributed by atoms with Gasteiger partial charge in [-0.05, 0) is 49.5 Å². The summed E-state index contributed by atoms with van der Waals surface area (Å²) >= 11 is 0. The lowest BCUT2D eigenvalue weighted by atomic mass is 9.85. The molecule has 0 bridgehead atoms. The van der Waals surface area contributed by atoms with E-state index in [1.165, 1.54) is 6.42 Å². The monoisotopic (exact) mass is 392 g/mol. The molecule has 4 unspecified atom stereocenters. The average Bonchev–Trinajstić information content (AvgIpc) is 2.65. The van der Waals surface area contributed by atoms with Gasteiger partial charge in [0.25, 0.3) is 0 Å². The average molecular weight is 393 g/mol. The highest BCUT2D eigenvalue weighted by molar-refractivity contribution is 5.13. The highest BCUT2D eigenvalue weighted by Crippen LogP contribution is 2.30. The largest absolute Gasteiger partial charge is 0.375 e. The van der Waals surface area contributed by atoms with Gasteiger partial charge < -0.3 is 19.3 Å². The Morgan fingerprint density at radius 2 is 1.54 bits per heavy atom. The molecule has 0 aliphatic carbocycles. The van der Waals surface area contributed by atoms with Gasteiger partial charge in [0.05, 0.1) is 31.5 Å². The quantitative estimate of drug-likeness (QED) is 0.780. The molecule has 2 fully saturated rings. The predicted molar refractivity (Wildman–Crippen MR) is 113 cm³/mol. The normalized spacial score (nSPS) is 38.4. The van der Waals surface area contributed by atoms with Crippen molar-refractivity contribution in [3.05, 3.63) is 35.9 Å². The van der Waals surface area contributed by atoms with Crippen LogP contribution in [0, 0.1) is 23.7 Å². The van der Waals surface area contributed by atoms with E-state index < -0.39 is 6.29 Å². The Bertz CT molecular complexity index is 537. The van der Waals surface area contributed by atoms with Gasteiger partial charge in [0.15, 0.2) is 6.29 Å². The van der Waals surface area contributed by atoms with Gasteiger partial charge in [-0.15, -0.1) is 0 Å². The van der Waals surface area contributed by atoms with Crippen LogP contribution >= 0.6 is 0 Å². The topological polar surface area (TPSA) is 47.9 Å². The van der Waals surface area contributed by atoms with Crippen molar-refractivity contribution in [2.45, 2.75) is 85.6 Å². The first-order valence-corrected chi connectivity index (χ1v) is 10.9. The lowest BCUT2D eigenvalue weighted by Gasteiger charge is -2.36. The van der Waals surface area contributed by atoms with E-state index in [-0.39, 0.29) is 6.10 Å². The van der Waals surface area contributed by atoms with Crippen LogP contribution in [0.15, 0.2) is 30.3 Å². The minimum Gasteiger partial charge on any atom is -0.375 e. The summed E-state index contributed by atoms with van der Waals surface area (Å²) in [5, 5.41) is 9.61. The number of ether oxygens (including phenoxy) is 3. The molecule has 0 aromatic heterocycles. The van der Waals surface area contributed by atoms with Gasteiger partial charge in [-0.2, -0.15) is 0 Å². The van der Waals surface area contributed by atoms with E-state index in [0.717, 1.165) is 23.8 Å². The molecule has 28 heavy (non-hydrogen) atoms. The molecule has 0 amide bonds. The molecule has 1 aromatic carbocycles. The second-order valence-corrected chi connectivity index (χ2v) is 8.93. The summed E-state index contributed by atoms with van der Waals surface area (Å²) in [5.74, 6) is 2.46. The van der Waals surface area contributed by atoms with E-state index >= 15 is 0 Å². The molecule has 0 radical (unpaired) electrons. The van der Waals surface area contributed by atoms with Crippen LogP contribution < -0.4 is 0 Å². The maximum absolute atomic E-state index is 9.61. The zero-order valence-electron chi connectivity index (χ0n) is 18.5. The number of rotatable bonds is 4. The van der Waals surface area contributed by atoms with Crippen molar-refractivity contribution >= 4 is 0 Å². The van der Waals surface area contributed by atoms with E-state index in [1.54, 1.807) is 0 Å². The first kappa shape index (κ1) is 23.3. The van der Waals surface area contributed by atoms with E-state index in [1.807, 2.05) is 30.3 Å². The van der Waals surface area contributed by atoms with E-state index in [2.05, 4.69) is 41.5 Å². The minimum atomic E-state index is -0.637. The molecule has 2 heterocycles. The first-order valence-electron chi connectivity index (χ1n) is 10.9. The maximum atomic E-state index is 9.61. The summed E-state index contributed by atoms with van der Waals surface area (Å²) in [6.45, 7) is 14.4. The van der Waals surface area contributed by atoms with Crippen LogP contribution in [0.1, 0.15) is 59.9 Å². The van der Waals surface area contributed by atoms with E-state index in [4.69, 9.17) is 14.2 Å². The van der Waals surface area contributed by atoms with E-state index in [9.17, 15) is 5.11 Å². The SMILES string of the molecule is CC1C[C@@H](C)[C@@H](C)C(C)O1.C[C@@H]1CC(O)OC(COCc2ccccc2)[C@H]1C. The molecule has 4 nitrogen and oxygen atoms in total. The third kappa shape index (κ3) is 7.14. The number of hydrogen-bond acceptors (Lipinski definition) is 4. The Labute approximate surface area is 171 Å². The highest BCUT2D eigenvalue weighted by atomic mass is 16.6. The Morgan fingerprint density at radius 1 is 0.893 bits per heavy atom. The molecule has 160 valence electrons. The first-order chi connectivity index (χ1) is 13.3. The minimum absolute atomic E-state index is 0.00698. The van der Waals surface area contributed by atoms with Gasteiger partial charge in [-0.3, -0.25) is 0 Å². The third-order valence-corrected chi connectivity index (χ3v) is 6.57. The molecular weight excluding hydrogens is 352 g/mol. The van der Waals surface area contributed by atoms with Crippen molar-refractivity contribution in [3.63, 3.8) is 0 Å². The van der Waals surface area contributed by atoms with Crippen molar-refractivity contribution in [2.75, 3.05) is 6.61 Å². The van der Waals surface area contributed by atoms with Crippen LogP contribution in [-0.4, -0.2) is 36.3 Å². The number of hydrogen-bond donors (Lipinski definition) is 1. The smallest absolute Gasteiger partial charge is 0.155 e. The molecular formula is C24H40O4. The van der Waals surface area contributed by atoms with Gasteiger partial charge in [-0.1, -0.05) is 58.0 Å². The van der Waals surface area contributed by atoms with Crippen LogP contribution in [-0.2, 0) is 20.8 Å². The van der Waals surface area contributed by atoms with Gasteiger partial charge in [0, 0.05) is 6.42 Å². The highest BCUT2D eigenvalue weighted by Gasteiger charge is 2.32. The number of benzene rings is 1. The van der Waals surface area contributed by atoms with Crippen molar-refractivity contribution < 1.29 is 19.3 Å². The van der Waals surface area contributed by atoms with Crippen molar-refractivity contribution in [2.24, 2.45) is 23.7 Å². The third-order valence-electron chi connectivity index (χ3n) is 6.57. The summed E-state index contributed by atoms with van der Waals surface area (Å²) < 4.78 is 16.9. The molecule has 3 rings (SSSR count). The number of aliphatic hydroxyl groups is 1. The zero-order chi connectivity index (χ0) is 20.7. The fourth-order valence-corrected chi connectivity index (χ4v) is 4.09. The molecule has 1 aromatic rings. The predicted octanol–water partition coefficient (Wildman–Crippen LogP) is 5.04. The van der Waals surface area contributed by atoms with E-state index in [0.29, 0.717) is 37.3 Å². The Balaban J connectivity index is 0.000000237. The fourth-order valence-electron chi connectivity index (χ4n) is 4.09. The lowest BCUT2D eigenvalue weighted by Crippen LogP contribution is -2.41. The maximum Gasteiger partial charge on any atom is 0.155 e. The number of aliphatic hydroxyl groups excluding tert-OH is 1. The standard InChI is InChI=1S/C15H22O3.C9H18O/c1-11-8-15(16)18-14(12(11)2)10-17-9-13-6-4-3-5-7-13;1-6-5-7(2)10-9(4)8(6)3/h3-7,11-12,14-16H,8-10H2,1-2H3;6-9H,5H2,1-4H3/t11-,12+,14?,15?;6-,7?,8-,9?/m11/s1.